The quantitative estimate of drug-likeness (QED) is 0.620. The molecular weight excluding hydrogens is 264 g/mol. The molecule has 2 nitrogen and oxygen atoms in total. The summed E-state index contributed by atoms with van der Waals surface area (Å²) in [5.74, 6) is 0.751. The van der Waals surface area contributed by atoms with E-state index in [0.717, 1.165) is 31.5 Å². The van der Waals surface area contributed by atoms with Gasteiger partial charge in [0.15, 0.2) is 0 Å². The number of hydrogen-bond donors (Lipinski definition) is 1. The van der Waals surface area contributed by atoms with E-state index in [1.165, 1.54) is 31.5 Å². The summed E-state index contributed by atoms with van der Waals surface area (Å²) in [5.41, 5.74) is 1.46. The molecule has 0 aromatic carbocycles. The first-order valence-corrected chi connectivity index (χ1v) is 9.07. The number of nitrogens with zero attached hydrogens (tertiary/aromatic N) is 1. The zero-order valence-electron chi connectivity index (χ0n) is 13.7. The van der Waals surface area contributed by atoms with Gasteiger partial charge in [-0.3, -0.25) is 4.90 Å². The Bertz CT molecular complexity index is 318. The highest BCUT2D eigenvalue weighted by atomic mass is 32.1. The second kappa shape index (κ2) is 10.4. The molecule has 1 N–H and O–H groups in total. The second-order valence-corrected chi connectivity index (χ2v) is 6.77. The summed E-state index contributed by atoms with van der Waals surface area (Å²) >= 11 is 1.79. The average Bonchev–Trinajstić information content (AvgIpc) is 2.92. The van der Waals surface area contributed by atoms with Gasteiger partial charge in [0.1, 0.15) is 0 Å². The van der Waals surface area contributed by atoms with Gasteiger partial charge in [-0.25, -0.2) is 0 Å². The van der Waals surface area contributed by atoms with Crippen LogP contribution < -0.4 is 5.32 Å². The Morgan fingerprint density at radius 1 is 1.20 bits per heavy atom. The zero-order chi connectivity index (χ0) is 14.8. The molecule has 0 amide bonds. The molecule has 0 aliphatic rings. The van der Waals surface area contributed by atoms with Crippen LogP contribution in [0.4, 0.5) is 0 Å². The van der Waals surface area contributed by atoms with Crippen molar-refractivity contribution in [2.45, 2.75) is 53.0 Å². The van der Waals surface area contributed by atoms with Crippen LogP contribution in [0.2, 0.25) is 0 Å². The second-order valence-electron chi connectivity index (χ2n) is 5.99. The summed E-state index contributed by atoms with van der Waals surface area (Å²) in [4.78, 5) is 2.67. The lowest BCUT2D eigenvalue weighted by Gasteiger charge is -2.32. The molecule has 1 aromatic rings. The monoisotopic (exact) mass is 296 g/mol. The highest BCUT2D eigenvalue weighted by Gasteiger charge is 2.15. The first-order valence-electron chi connectivity index (χ1n) is 8.13. The van der Waals surface area contributed by atoms with Crippen LogP contribution in [0.3, 0.4) is 0 Å². The minimum Gasteiger partial charge on any atom is -0.315 e. The van der Waals surface area contributed by atoms with E-state index < -0.39 is 0 Å². The fourth-order valence-corrected chi connectivity index (χ4v) is 3.42. The SMILES string of the molecule is CCC(CC)N(CCNCCc1ccsc1)CC(C)C. The lowest BCUT2D eigenvalue weighted by molar-refractivity contribution is 0.167. The minimum atomic E-state index is 0.746. The highest BCUT2D eigenvalue weighted by Crippen LogP contribution is 2.10. The molecule has 20 heavy (non-hydrogen) atoms. The lowest BCUT2D eigenvalue weighted by atomic mass is 10.1. The Morgan fingerprint density at radius 2 is 1.95 bits per heavy atom. The Kier molecular flexibility index (Phi) is 9.16. The van der Waals surface area contributed by atoms with Crippen molar-refractivity contribution in [1.29, 1.82) is 0 Å². The first-order chi connectivity index (χ1) is 9.67. The molecule has 0 atom stereocenters. The van der Waals surface area contributed by atoms with Crippen molar-refractivity contribution in [3.63, 3.8) is 0 Å². The predicted octanol–water partition coefficient (Wildman–Crippen LogP) is 4.03. The molecule has 0 radical (unpaired) electrons. The Balaban J connectivity index is 2.23. The maximum absolute atomic E-state index is 3.59. The third kappa shape index (κ3) is 6.87. The van der Waals surface area contributed by atoms with Crippen LogP contribution in [-0.2, 0) is 6.42 Å². The zero-order valence-corrected chi connectivity index (χ0v) is 14.5. The third-order valence-electron chi connectivity index (χ3n) is 3.80. The summed E-state index contributed by atoms with van der Waals surface area (Å²) in [7, 11) is 0. The largest absolute Gasteiger partial charge is 0.315 e. The van der Waals surface area contributed by atoms with Crippen LogP contribution in [0, 0.1) is 5.92 Å². The summed E-state index contributed by atoms with van der Waals surface area (Å²) in [6, 6.07) is 2.97. The number of rotatable bonds is 11. The molecular formula is C17H32N2S. The molecule has 3 heteroatoms. The van der Waals surface area contributed by atoms with Crippen molar-refractivity contribution in [2.75, 3.05) is 26.2 Å². The summed E-state index contributed by atoms with van der Waals surface area (Å²) in [6.07, 6.45) is 3.68. The van der Waals surface area contributed by atoms with Gasteiger partial charge in [0.05, 0.1) is 0 Å². The first kappa shape index (κ1) is 17.7. The van der Waals surface area contributed by atoms with E-state index in [-0.39, 0.29) is 0 Å². The normalized spacial score (nSPS) is 11.9. The standard InChI is InChI=1S/C17H32N2S/c1-5-17(6-2)19(13-15(3)4)11-10-18-9-7-16-8-12-20-14-16/h8,12,14-15,17-18H,5-7,9-11,13H2,1-4H3. The van der Waals surface area contributed by atoms with Crippen LogP contribution in [0.1, 0.15) is 46.1 Å². The predicted molar refractivity (Wildman–Crippen MR) is 91.7 cm³/mol. The maximum Gasteiger partial charge on any atom is 0.0110 e. The molecule has 1 heterocycles. The van der Waals surface area contributed by atoms with Crippen LogP contribution in [-0.4, -0.2) is 37.1 Å². The van der Waals surface area contributed by atoms with Gasteiger partial charge in [-0.15, -0.1) is 0 Å². The Hall–Kier alpha value is -0.380. The molecule has 0 aliphatic carbocycles. The Labute approximate surface area is 129 Å². The van der Waals surface area contributed by atoms with Crippen molar-refractivity contribution in [2.24, 2.45) is 5.92 Å². The molecule has 0 unspecified atom stereocenters. The van der Waals surface area contributed by atoms with Crippen molar-refractivity contribution >= 4 is 11.3 Å². The fraction of sp³-hybridized carbons (Fsp3) is 0.765. The van der Waals surface area contributed by atoms with Gasteiger partial charge in [0.2, 0.25) is 0 Å². The highest BCUT2D eigenvalue weighted by molar-refractivity contribution is 7.07. The van der Waals surface area contributed by atoms with Gasteiger partial charge in [0, 0.05) is 25.7 Å². The van der Waals surface area contributed by atoms with Gasteiger partial charge < -0.3 is 5.32 Å². The molecule has 0 saturated heterocycles. The molecule has 1 aromatic heterocycles. The molecule has 0 fully saturated rings. The van der Waals surface area contributed by atoms with E-state index in [1.807, 2.05) is 0 Å². The van der Waals surface area contributed by atoms with Crippen LogP contribution in [0.15, 0.2) is 16.8 Å². The topological polar surface area (TPSA) is 15.3 Å². The van der Waals surface area contributed by atoms with Gasteiger partial charge in [-0.05, 0) is 54.1 Å². The van der Waals surface area contributed by atoms with Crippen molar-refractivity contribution in [3.05, 3.63) is 22.4 Å². The van der Waals surface area contributed by atoms with Gasteiger partial charge in [-0.1, -0.05) is 27.7 Å². The van der Waals surface area contributed by atoms with Gasteiger partial charge in [0.25, 0.3) is 0 Å². The smallest absolute Gasteiger partial charge is 0.0110 e. The van der Waals surface area contributed by atoms with Gasteiger partial charge >= 0.3 is 0 Å². The van der Waals surface area contributed by atoms with Crippen LogP contribution in [0.5, 0.6) is 0 Å². The molecule has 0 spiro atoms. The fourth-order valence-electron chi connectivity index (χ4n) is 2.71. The molecule has 0 saturated carbocycles. The lowest BCUT2D eigenvalue weighted by Crippen LogP contribution is -2.41. The van der Waals surface area contributed by atoms with Crippen molar-refractivity contribution in [3.8, 4) is 0 Å². The van der Waals surface area contributed by atoms with E-state index in [1.54, 1.807) is 11.3 Å². The molecule has 0 bridgehead atoms. The average molecular weight is 297 g/mol. The van der Waals surface area contributed by atoms with Crippen molar-refractivity contribution in [1.82, 2.24) is 10.2 Å². The van der Waals surface area contributed by atoms with E-state index in [4.69, 9.17) is 0 Å². The molecule has 1 rings (SSSR count). The molecule has 116 valence electrons. The maximum atomic E-state index is 3.59. The van der Waals surface area contributed by atoms with E-state index in [0.29, 0.717) is 0 Å². The summed E-state index contributed by atoms with van der Waals surface area (Å²) < 4.78 is 0. The van der Waals surface area contributed by atoms with E-state index in [9.17, 15) is 0 Å². The summed E-state index contributed by atoms with van der Waals surface area (Å²) in [5, 5.41) is 8.00. The number of nitrogens with one attached hydrogen (secondary N) is 1. The van der Waals surface area contributed by atoms with E-state index >= 15 is 0 Å². The number of thiophene rings is 1. The van der Waals surface area contributed by atoms with Crippen LogP contribution in [0.25, 0.3) is 0 Å². The summed E-state index contributed by atoms with van der Waals surface area (Å²) in [6.45, 7) is 13.9. The Morgan fingerprint density at radius 3 is 2.50 bits per heavy atom. The minimum absolute atomic E-state index is 0.746. The van der Waals surface area contributed by atoms with Crippen molar-refractivity contribution < 1.29 is 0 Å². The van der Waals surface area contributed by atoms with Crippen LogP contribution >= 0.6 is 11.3 Å². The van der Waals surface area contributed by atoms with Gasteiger partial charge in [-0.2, -0.15) is 11.3 Å². The number of hydrogen-bond acceptors (Lipinski definition) is 3. The van der Waals surface area contributed by atoms with E-state index in [2.05, 4.69) is 54.7 Å². The third-order valence-corrected chi connectivity index (χ3v) is 4.54. The molecule has 0 aliphatic heterocycles.